The molecular weight excluding hydrogens is 734 g/mol. The number of aromatic nitrogens is 2. The third-order valence-electron chi connectivity index (χ3n) is 9.22. The lowest BCUT2D eigenvalue weighted by molar-refractivity contribution is -0.137. The van der Waals surface area contributed by atoms with Crippen molar-refractivity contribution in [2.24, 2.45) is 0 Å². The quantitative estimate of drug-likeness (QED) is 0.123. The van der Waals surface area contributed by atoms with Crippen molar-refractivity contribution in [2.75, 3.05) is 15.1 Å². The van der Waals surface area contributed by atoms with E-state index in [1.165, 1.54) is 49.1 Å². The van der Waals surface area contributed by atoms with E-state index >= 15 is 4.39 Å². The van der Waals surface area contributed by atoms with Crippen LogP contribution in [0.1, 0.15) is 47.8 Å². The van der Waals surface area contributed by atoms with Gasteiger partial charge in [-0.05, 0) is 86.2 Å². The van der Waals surface area contributed by atoms with E-state index in [0.717, 1.165) is 28.7 Å². The molecule has 1 atom stereocenters. The number of nitrogens with one attached hydrogen (secondary N) is 3. The van der Waals surface area contributed by atoms with Crippen LogP contribution in [0.3, 0.4) is 0 Å². The molecule has 4 aromatic carbocycles. The Kier molecular flexibility index (Phi) is 8.80. The molecule has 0 unspecified atom stereocenters. The van der Waals surface area contributed by atoms with Gasteiger partial charge in [-0.1, -0.05) is 18.2 Å². The zero-order chi connectivity index (χ0) is 38.7. The third kappa shape index (κ3) is 6.34. The number of halogens is 5. The lowest BCUT2D eigenvalue weighted by atomic mass is 9.94. The highest BCUT2D eigenvalue weighted by Gasteiger charge is 2.51. The number of carbonyl (C=O) groups excluding carboxylic acids is 2. The second kappa shape index (κ2) is 13.2. The number of ether oxygens (including phenoxy) is 1. The zero-order valence-electron chi connectivity index (χ0n) is 28.1. The van der Waals surface area contributed by atoms with E-state index in [9.17, 15) is 31.9 Å². The molecule has 5 aromatic rings. The van der Waals surface area contributed by atoms with Crippen molar-refractivity contribution in [1.82, 2.24) is 15.5 Å². The number of carbonyl (C=O) groups is 2. The summed E-state index contributed by atoms with van der Waals surface area (Å²) < 4.78 is 76.0. The standard InChI is InChI=1S/C37H26F5N7O4S/c1-36(2)33(51)48(22-7-3-19(16-43)26(13-22)37(40,41)42)35(54)49(36)23-8-4-20(27(39)14-23)17-44-34(52)53-24-9-5-18(6-10-24)28-15-30-31-25(32(50)47-46-30)11-21(38)12-29(31)45-28/h3-14,28,45H,15,17H2,1-2H3,(H,44,52)(H,47,50)/t28-/m0/s1. The molecule has 2 amide bonds. The molecule has 1 saturated heterocycles. The maximum atomic E-state index is 15.4. The predicted molar refractivity (Wildman–Crippen MR) is 191 cm³/mol. The minimum absolute atomic E-state index is 0.0594. The van der Waals surface area contributed by atoms with Crippen LogP contribution in [-0.2, 0) is 23.9 Å². The first kappa shape index (κ1) is 36.0. The maximum absolute atomic E-state index is 15.4. The van der Waals surface area contributed by atoms with Crippen LogP contribution in [0.25, 0.3) is 10.8 Å². The summed E-state index contributed by atoms with van der Waals surface area (Å²) in [6.07, 6.45) is -5.35. The van der Waals surface area contributed by atoms with Gasteiger partial charge in [0.25, 0.3) is 11.5 Å². The highest BCUT2D eigenvalue weighted by molar-refractivity contribution is 7.81. The Balaban J connectivity index is 1.00. The van der Waals surface area contributed by atoms with E-state index in [1.807, 2.05) is 0 Å². The molecule has 0 spiro atoms. The lowest BCUT2D eigenvalue weighted by Crippen LogP contribution is -2.44. The first-order valence-corrected chi connectivity index (χ1v) is 16.6. The fourth-order valence-electron chi connectivity index (χ4n) is 6.58. The molecule has 11 nitrogen and oxygen atoms in total. The minimum Gasteiger partial charge on any atom is -0.410 e. The highest BCUT2D eigenvalue weighted by Crippen LogP contribution is 2.40. The van der Waals surface area contributed by atoms with Crippen LogP contribution in [0.2, 0.25) is 0 Å². The SMILES string of the molecule is CC1(C)C(=O)N(c2ccc(C#N)c(C(F)(F)F)c2)C(=S)N1c1ccc(CNC(=O)Oc2ccc([C@@H]3Cc4n[nH]c(=O)c5cc(F)cc(c45)N3)cc2)c(F)c1. The predicted octanol–water partition coefficient (Wildman–Crippen LogP) is 7.01. The lowest BCUT2D eigenvalue weighted by Gasteiger charge is -2.29. The average molecular weight is 760 g/mol. The fraction of sp³-hybridized carbons (Fsp3) is 0.189. The third-order valence-corrected chi connectivity index (χ3v) is 9.59. The molecule has 54 heavy (non-hydrogen) atoms. The van der Waals surface area contributed by atoms with E-state index in [0.29, 0.717) is 29.3 Å². The molecule has 2 aliphatic heterocycles. The molecule has 3 heterocycles. The number of thiocarbonyl (C=S) groups is 1. The first-order valence-electron chi connectivity index (χ1n) is 16.2. The number of rotatable bonds is 6. The smallest absolute Gasteiger partial charge is 0.410 e. The Morgan fingerprint density at radius 1 is 1.06 bits per heavy atom. The number of benzene rings is 4. The van der Waals surface area contributed by atoms with Crippen molar-refractivity contribution in [1.29, 1.82) is 5.26 Å². The van der Waals surface area contributed by atoms with Crippen molar-refractivity contribution in [3.05, 3.63) is 123 Å². The maximum Gasteiger partial charge on any atom is 0.417 e. The summed E-state index contributed by atoms with van der Waals surface area (Å²) in [4.78, 5) is 40.5. The summed E-state index contributed by atoms with van der Waals surface area (Å²) in [5.74, 6) is -1.83. The summed E-state index contributed by atoms with van der Waals surface area (Å²) in [6, 6.07) is 16.9. The number of aromatic amines is 1. The molecule has 17 heteroatoms. The Bertz CT molecular complexity index is 2500. The molecule has 0 radical (unpaired) electrons. The Morgan fingerprint density at radius 3 is 2.46 bits per heavy atom. The van der Waals surface area contributed by atoms with Gasteiger partial charge in [0, 0.05) is 35.3 Å². The van der Waals surface area contributed by atoms with Gasteiger partial charge in [0.2, 0.25) is 0 Å². The van der Waals surface area contributed by atoms with Crippen molar-refractivity contribution >= 4 is 57.2 Å². The Labute approximate surface area is 307 Å². The van der Waals surface area contributed by atoms with Crippen LogP contribution < -0.4 is 30.7 Å². The molecule has 0 saturated carbocycles. The minimum atomic E-state index is -4.87. The number of H-pyrrole nitrogens is 1. The molecule has 1 aromatic heterocycles. The van der Waals surface area contributed by atoms with Crippen LogP contribution >= 0.6 is 12.2 Å². The van der Waals surface area contributed by atoms with E-state index < -0.39 is 52.0 Å². The van der Waals surface area contributed by atoms with Crippen LogP contribution in [-0.4, -0.2) is 32.8 Å². The summed E-state index contributed by atoms with van der Waals surface area (Å²) in [7, 11) is 0. The first-order chi connectivity index (χ1) is 25.6. The van der Waals surface area contributed by atoms with Crippen LogP contribution in [0.4, 0.5) is 43.8 Å². The van der Waals surface area contributed by atoms with Crippen molar-refractivity contribution < 1.29 is 36.3 Å². The molecule has 1 fully saturated rings. The number of hydrogen-bond acceptors (Lipinski definition) is 8. The molecule has 0 bridgehead atoms. The molecule has 3 N–H and O–H groups in total. The van der Waals surface area contributed by atoms with Gasteiger partial charge < -0.3 is 20.3 Å². The number of hydrogen-bond donors (Lipinski definition) is 3. The molecule has 0 aliphatic carbocycles. The summed E-state index contributed by atoms with van der Waals surface area (Å²) in [5, 5.41) is 22.0. The summed E-state index contributed by atoms with van der Waals surface area (Å²) in [5.41, 5.74) is -1.99. The molecule has 2 aliphatic rings. The Morgan fingerprint density at radius 2 is 1.78 bits per heavy atom. The monoisotopic (exact) mass is 759 g/mol. The van der Waals surface area contributed by atoms with Gasteiger partial charge >= 0.3 is 12.3 Å². The van der Waals surface area contributed by atoms with E-state index in [2.05, 4.69) is 20.8 Å². The van der Waals surface area contributed by atoms with E-state index in [1.54, 1.807) is 24.3 Å². The van der Waals surface area contributed by atoms with Gasteiger partial charge in [0.15, 0.2) is 5.11 Å². The van der Waals surface area contributed by atoms with Crippen LogP contribution in [0.15, 0.2) is 77.6 Å². The van der Waals surface area contributed by atoms with Crippen molar-refractivity contribution in [3.8, 4) is 11.8 Å². The zero-order valence-corrected chi connectivity index (χ0v) is 29.0. The summed E-state index contributed by atoms with van der Waals surface area (Å²) >= 11 is 5.51. The van der Waals surface area contributed by atoms with Gasteiger partial charge in [-0.2, -0.15) is 23.5 Å². The van der Waals surface area contributed by atoms with Crippen LogP contribution in [0.5, 0.6) is 5.75 Å². The van der Waals surface area contributed by atoms with E-state index in [-0.39, 0.29) is 45.8 Å². The highest BCUT2D eigenvalue weighted by atomic mass is 32.1. The number of amides is 2. The molecular formula is C37H26F5N7O4S. The van der Waals surface area contributed by atoms with Crippen molar-refractivity contribution in [3.63, 3.8) is 0 Å². The van der Waals surface area contributed by atoms with Gasteiger partial charge in [-0.15, -0.1) is 0 Å². The number of alkyl halides is 3. The van der Waals surface area contributed by atoms with Gasteiger partial charge in [0.1, 0.15) is 22.9 Å². The van der Waals surface area contributed by atoms with Crippen molar-refractivity contribution in [2.45, 2.75) is 44.6 Å². The fourth-order valence-corrected chi connectivity index (χ4v) is 7.10. The average Bonchev–Trinajstić information content (AvgIpc) is 3.30. The largest absolute Gasteiger partial charge is 0.417 e. The number of nitrogens with zero attached hydrogens (tertiary/aromatic N) is 4. The van der Waals surface area contributed by atoms with E-state index in [4.69, 9.17) is 22.2 Å². The molecule has 274 valence electrons. The number of anilines is 3. The van der Waals surface area contributed by atoms with Crippen LogP contribution in [0, 0.1) is 23.0 Å². The Hall–Kier alpha value is -6.41. The molecule has 7 rings (SSSR count). The van der Waals surface area contributed by atoms with Gasteiger partial charge in [-0.25, -0.2) is 18.7 Å². The second-order valence-electron chi connectivity index (χ2n) is 13.0. The summed E-state index contributed by atoms with van der Waals surface area (Å²) in [6.45, 7) is 2.69. The number of nitriles is 1. The van der Waals surface area contributed by atoms with Gasteiger partial charge in [-0.3, -0.25) is 14.5 Å². The topological polar surface area (TPSA) is 143 Å². The normalized spacial score (nSPS) is 16.3. The second-order valence-corrected chi connectivity index (χ2v) is 13.4. The van der Waals surface area contributed by atoms with Gasteiger partial charge in [0.05, 0.1) is 40.0 Å².